The van der Waals surface area contributed by atoms with Crippen LogP contribution in [0.25, 0.3) is 10.2 Å². The molecule has 2 aromatic carbocycles. The van der Waals surface area contributed by atoms with Crippen LogP contribution in [0, 0.1) is 13.8 Å². The molecular formula is C28H38N4O3S2. The predicted octanol–water partition coefficient (Wildman–Crippen LogP) is 5.47. The molecule has 9 heteroatoms. The fourth-order valence-electron chi connectivity index (χ4n) is 4.57. The van der Waals surface area contributed by atoms with Gasteiger partial charge in [-0.15, -0.1) is 0 Å². The molecule has 7 nitrogen and oxygen atoms in total. The first-order valence-corrected chi connectivity index (χ1v) is 15.5. The summed E-state index contributed by atoms with van der Waals surface area (Å²) in [4.78, 5) is 22.4. The first-order valence-electron chi connectivity index (χ1n) is 13.3. The van der Waals surface area contributed by atoms with Crippen molar-refractivity contribution >= 4 is 42.6 Å². The van der Waals surface area contributed by atoms with Crippen molar-refractivity contribution in [2.75, 3.05) is 44.2 Å². The maximum Gasteiger partial charge on any atom is 0.253 e. The van der Waals surface area contributed by atoms with E-state index >= 15 is 0 Å². The number of aryl methyl sites for hydroxylation is 2. The highest BCUT2D eigenvalue weighted by molar-refractivity contribution is 7.89. The molecule has 0 spiro atoms. The maximum absolute atomic E-state index is 13.2. The van der Waals surface area contributed by atoms with Crippen LogP contribution < -0.4 is 4.90 Å². The second kappa shape index (κ2) is 11.9. The molecule has 0 aliphatic carbocycles. The zero-order valence-corrected chi connectivity index (χ0v) is 24.0. The molecule has 200 valence electrons. The minimum Gasteiger partial charge on any atom is -0.345 e. The molecule has 0 bridgehead atoms. The molecule has 1 aliphatic rings. The van der Waals surface area contributed by atoms with Gasteiger partial charge in [0, 0.05) is 44.8 Å². The highest BCUT2D eigenvalue weighted by atomic mass is 32.2. The van der Waals surface area contributed by atoms with Gasteiger partial charge in [-0.3, -0.25) is 4.79 Å². The molecule has 1 fully saturated rings. The predicted molar refractivity (Wildman–Crippen MR) is 152 cm³/mol. The van der Waals surface area contributed by atoms with Crippen LogP contribution in [0.5, 0.6) is 0 Å². The number of thiazole rings is 1. The summed E-state index contributed by atoms with van der Waals surface area (Å²) < 4.78 is 29.2. The van der Waals surface area contributed by atoms with Gasteiger partial charge >= 0.3 is 0 Å². The van der Waals surface area contributed by atoms with Crippen molar-refractivity contribution in [3.63, 3.8) is 0 Å². The Morgan fingerprint density at radius 3 is 2.16 bits per heavy atom. The van der Waals surface area contributed by atoms with E-state index in [1.54, 1.807) is 39.9 Å². The summed E-state index contributed by atoms with van der Waals surface area (Å²) in [6.07, 6.45) is 3.55. The zero-order chi connectivity index (χ0) is 26.6. The van der Waals surface area contributed by atoms with Crippen molar-refractivity contribution in [1.82, 2.24) is 14.2 Å². The molecule has 1 aliphatic heterocycles. The largest absolute Gasteiger partial charge is 0.345 e. The molecule has 4 rings (SSSR count). The van der Waals surface area contributed by atoms with E-state index in [0.29, 0.717) is 31.7 Å². The summed E-state index contributed by atoms with van der Waals surface area (Å²) in [5.74, 6) is -0.0619. The Labute approximate surface area is 225 Å². The fraction of sp³-hybridized carbons (Fsp3) is 0.500. The number of amides is 1. The van der Waals surface area contributed by atoms with Crippen molar-refractivity contribution < 1.29 is 13.2 Å². The summed E-state index contributed by atoms with van der Waals surface area (Å²) in [5.41, 5.74) is 4.05. The van der Waals surface area contributed by atoms with E-state index in [2.05, 4.69) is 44.7 Å². The normalized spacial score (nSPS) is 14.6. The molecule has 0 saturated carbocycles. The minimum atomic E-state index is -3.57. The first-order chi connectivity index (χ1) is 17.8. The topological polar surface area (TPSA) is 73.8 Å². The summed E-state index contributed by atoms with van der Waals surface area (Å²) in [7, 11) is -3.57. The number of carbonyl (C=O) groups excluding carboxylic acids is 1. The molecule has 2 heterocycles. The van der Waals surface area contributed by atoms with Crippen molar-refractivity contribution in [1.29, 1.82) is 0 Å². The lowest BCUT2D eigenvalue weighted by molar-refractivity contribution is 0.0746. The second-order valence-corrected chi connectivity index (χ2v) is 12.7. The van der Waals surface area contributed by atoms with E-state index in [1.807, 2.05) is 4.90 Å². The van der Waals surface area contributed by atoms with Crippen molar-refractivity contribution in [2.24, 2.45) is 0 Å². The number of nitrogens with zero attached hydrogens (tertiary/aromatic N) is 4. The molecule has 0 N–H and O–H groups in total. The van der Waals surface area contributed by atoms with E-state index < -0.39 is 10.0 Å². The Bertz CT molecular complexity index is 1320. The molecule has 0 radical (unpaired) electrons. The van der Waals surface area contributed by atoms with Gasteiger partial charge in [0.1, 0.15) is 0 Å². The van der Waals surface area contributed by atoms with Crippen LogP contribution in [0.3, 0.4) is 0 Å². The van der Waals surface area contributed by atoms with E-state index in [9.17, 15) is 13.2 Å². The van der Waals surface area contributed by atoms with Gasteiger partial charge in [-0.25, -0.2) is 13.4 Å². The number of benzene rings is 2. The summed E-state index contributed by atoms with van der Waals surface area (Å²) in [6.45, 7) is 12.0. The van der Waals surface area contributed by atoms with Gasteiger partial charge in [-0.05, 0) is 68.1 Å². The monoisotopic (exact) mass is 542 g/mol. The Kier molecular flexibility index (Phi) is 8.87. The first kappa shape index (κ1) is 27.5. The standard InChI is InChI=1S/C28H38N4O3S2/c1-5-7-15-32(16-8-6-2)37(34,35)24-12-10-23(11-13-24)27(33)30-17-19-31(20-18-30)28-29-26-22(4)21(3)9-14-25(26)36-28/h9-14H,5-8,15-20H2,1-4H3. The number of carbonyl (C=O) groups is 1. The molecule has 3 aromatic rings. The van der Waals surface area contributed by atoms with Crippen LogP contribution in [0.1, 0.15) is 61.0 Å². The smallest absolute Gasteiger partial charge is 0.253 e. The number of rotatable bonds is 10. The number of sulfonamides is 1. The van der Waals surface area contributed by atoms with Crippen LogP contribution in [0.4, 0.5) is 5.13 Å². The Hall–Kier alpha value is -2.49. The van der Waals surface area contributed by atoms with Crippen LogP contribution >= 0.6 is 11.3 Å². The lowest BCUT2D eigenvalue weighted by Crippen LogP contribution is -2.48. The molecular weight excluding hydrogens is 504 g/mol. The van der Waals surface area contributed by atoms with Crippen molar-refractivity contribution in [3.05, 3.63) is 53.1 Å². The average Bonchev–Trinajstić information content (AvgIpc) is 3.36. The second-order valence-electron chi connectivity index (χ2n) is 9.77. The van der Waals surface area contributed by atoms with Crippen LogP contribution in [-0.2, 0) is 10.0 Å². The SMILES string of the molecule is CCCCN(CCCC)S(=O)(=O)c1ccc(C(=O)N2CCN(c3nc4c(C)c(C)ccc4s3)CC2)cc1. The third kappa shape index (κ3) is 5.99. The Morgan fingerprint density at radius 2 is 1.57 bits per heavy atom. The highest BCUT2D eigenvalue weighted by Crippen LogP contribution is 2.32. The third-order valence-electron chi connectivity index (χ3n) is 7.17. The molecule has 1 aromatic heterocycles. The van der Waals surface area contributed by atoms with Crippen LogP contribution in [0.15, 0.2) is 41.3 Å². The van der Waals surface area contributed by atoms with Gasteiger partial charge < -0.3 is 9.80 Å². The van der Waals surface area contributed by atoms with Gasteiger partial charge in [-0.2, -0.15) is 4.31 Å². The Morgan fingerprint density at radius 1 is 0.946 bits per heavy atom. The average molecular weight is 543 g/mol. The number of aromatic nitrogens is 1. The number of hydrogen-bond donors (Lipinski definition) is 0. The van der Waals surface area contributed by atoms with Gasteiger partial charge in [0.25, 0.3) is 5.91 Å². The lowest BCUT2D eigenvalue weighted by atomic mass is 10.1. The van der Waals surface area contributed by atoms with Crippen LogP contribution in [-0.4, -0.2) is 67.8 Å². The molecule has 0 unspecified atom stereocenters. The van der Waals surface area contributed by atoms with E-state index in [1.165, 1.54) is 15.8 Å². The van der Waals surface area contributed by atoms with Gasteiger partial charge in [0.05, 0.1) is 15.1 Å². The molecule has 37 heavy (non-hydrogen) atoms. The molecule has 1 amide bonds. The van der Waals surface area contributed by atoms with E-state index in [-0.39, 0.29) is 10.8 Å². The number of fused-ring (bicyclic) bond motifs is 1. The highest BCUT2D eigenvalue weighted by Gasteiger charge is 2.26. The fourth-order valence-corrected chi connectivity index (χ4v) is 7.17. The van der Waals surface area contributed by atoms with Crippen molar-refractivity contribution in [2.45, 2.75) is 58.3 Å². The summed E-state index contributed by atoms with van der Waals surface area (Å²) in [6, 6.07) is 10.7. The van der Waals surface area contributed by atoms with Crippen LogP contribution in [0.2, 0.25) is 0 Å². The summed E-state index contributed by atoms with van der Waals surface area (Å²) in [5, 5.41) is 1.00. The third-order valence-corrected chi connectivity index (χ3v) is 10.2. The maximum atomic E-state index is 13.2. The van der Waals surface area contributed by atoms with Crippen molar-refractivity contribution in [3.8, 4) is 0 Å². The number of hydrogen-bond acceptors (Lipinski definition) is 6. The molecule has 1 saturated heterocycles. The molecule has 0 atom stereocenters. The zero-order valence-electron chi connectivity index (χ0n) is 22.4. The van der Waals surface area contributed by atoms with Gasteiger partial charge in [0.2, 0.25) is 10.0 Å². The summed E-state index contributed by atoms with van der Waals surface area (Å²) >= 11 is 1.70. The number of anilines is 1. The Balaban J connectivity index is 1.40. The van der Waals surface area contributed by atoms with Gasteiger partial charge in [-0.1, -0.05) is 44.1 Å². The van der Waals surface area contributed by atoms with Gasteiger partial charge in [0.15, 0.2) is 5.13 Å². The lowest BCUT2D eigenvalue weighted by Gasteiger charge is -2.34. The minimum absolute atomic E-state index is 0.0619. The quantitative estimate of drug-likeness (QED) is 0.340. The van der Waals surface area contributed by atoms with E-state index in [4.69, 9.17) is 4.98 Å². The van der Waals surface area contributed by atoms with E-state index in [0.717, 1.165) is 49.4 Å². The number of unbranched alkanes of at least 4 members (excludes halogenated alkanes) is 2. The number of piperazine rings is 1.